The summed E-state index contributed by atoms with van der Waals surface area (Å²) in [4.78, 5) is 16.0. The maximum absolute atomic E-state index is 13.3. The number of fused-ring (bicyclic) bond motifs is 1. The van der Waals surface area contributed by atoms with E-state index in [1.165, 1.54) is 22.6 Å². The molecule has 0 aliphatic carbocycles. The first-order valence-electron chi connectivity index (χ1n) is 7.41. The first-order valence-corrected chi connectivity index (χ1v) is 8.29. The Morgan fingerprint density at radius 2 is 2.23 bits per heavy atom. The number of hydrogen-bond acceptors (Lipinski definition) is 3. The lowest BCUT2D eigenvalue weighted by molar-refractivity contribution is -0.121. The molecule has 5 heteroatoms. The minimum atomic E-state index is -0.338. The molecule has 1 atom stereocenters. The average molecular weight is 318 g/mol. The van der Waals surface area contributed by atoms with E-state index in [0.29, 0.717) is 5.69 Å². The van der Waals surface area contributed by atoms with E-state index in [1.54, 1.807) is 17.4 Å². The van der Waals surface area contributed by atoms with E-state index in [1.807, 2.05) is 13.8 Å². The van der Waals surface area contributed by atoms with E-state index in [-0.39, 0.29) is 17.8 Å². The molecule has 1 aliphatic rings. The van der Waals surface area contributed by atoms with Crippen molar-refractivity contribution in [2.24, 2.45) is 0 Å². The Balaban J connectivity index is 1.69. The van der Waals surface area contributed by atoms with Crippen LogP contribution in [0.2, 0.25) is 0 Å². The van der Waals surface area contributed by atoms with Crippen molar-refractivity contribution >= 4 is 22.9 Å². The fourth-order valence-corrected chi connectivity index (χ4v) is 3.62. The molecule has 0 radical (unpaired) electrons. The molecule has 1 amide bonds. The fraction of sp³-hybridized carbons (Fsp3) is 0.353. The number of nitrogens with zero attached hydrogens (tertiary/aromatic N) is 1. The average Bonchev–Trinajstić information content (AvgIpc) is 2.97. The molecule has 1 aromatic carbocycles. The first-order chi connectivity index (χ1) is 10.5. The largest absolute Gasteiger partial charge is 0.324 e. The molecule has 0 bridgehead atoms. The molecule has 3 nitrogen and oxygen atoms in total. The molecule has 0 saturated carbocycles. The lowest BCUT2D eigenvalue weighted by atomic mass is 10.1. The second-order valence-electron chi connectivity index (χ2n) is 5.71. The van der Waals surface area contributed by atoms with Gasteiger partial charge >= 0.3 is 0 Å². The third-order valence-electron chi connectivity index (χ3n) is 4.22. The summed E-state index contributed by atoms with van der Waals surface area (Å²) < 4.78 is 13.3. The monoisotopic (exact) mass is 318 g/mol. The van der Waals surface area contributed by atoms with Crippen LogP contribution in [-0.4, -0.2) is 23.4 Å². The van der Waals surface area contributed by atoms with Gasteiger partial charge in [-0.1, -0.05) is 6.07 Å². The van der Waals surface area contributed by atoms with Crippen molar-refractivity contribution in [3.63, 3.8) is 0 Å². The van der Waals surface area contributed by atoms with Crippen molar-refractivity contribution < 1.29 is 9.18 Å². The Morgan fingerprint density at radius 3 is 3.05 bits per heavy atom. The van der Waals surface area contributed by atoms with Crippen LogP contribution in [0.25, 0.3) is 0 Å². The Bertz CT molecular complexity index is 698. The van der Waals surface area contributed by atoms with Crippen molar-refractivity contribution in [3.8, 4) is 0 Å². The SMILES string of the molecule is Cc1ccc(F)cc1NC(=O)[C@@H](C)N1CCc2sccc2C1. The van der Waals surface area contributed by atoms with Crippen molar-refractivity contribution in [3.05, 3.63) is 51.5 Å². The number of carbonyl (C=O) groups excluding carboxylic acids is 1. The Kier molecular flexibility index (Phi) is 4.27. The van der Waals surface area contributed by atoms with Gasteiger partial charge in [0.05, 0.1) is 6.04 Å². The zero-order valence-corrected chi connectivity index (χ0v) is 13.5. The van der Waals surface area contributed by atoms with Gasteiger partial charge in [-0.2, -0.15) is 0 Å². The first kappa shape index (κ1) is 15.2. The molecule has 22 heavy (non-hydrogen) atoms. The Morgan fingerprint density at radius 1 is 1.41 bits per heavy atom. The number of aryl methyl sites for hydroxylation is 1. The summed E-state index contributed by atoms with van der Waals surface area (Å²) in [5.74, 6) is -0.429. The lowest BCUT2D eigenvalue weighted by Crippen LogP contribution is -2.44. The molecule has 1 N–H and O–H groups in total. The zero-order valence-electron chi connectivity index (χ0n) is 12.7. The number of rotatable bonds is 3. The minimum Gasteiger partial charge on any atom is -0.324 e. The number of halogens is 1. The molecular formula is C17H19FN2OS. The summed E-state index contributed by atoms with van der Waals surface area (Å²) in [6.45, 7) is 5.44. The van der Waals surface area contributed by atoms with Crippen molar-refractivity contribution in [2.75, 3.05) is 11.9 Å². The summed E-state index contributed by atoms with van der Waals surface area (Å²) in [6, 6.07) is 6.34. The van der Waals surface area contributed by atoms with Gasteiger partial charge in [0.15, 0.2) is 0 Å². The highest BCUT2D eigenvalue weighted by atomic mass is 32.1. The molecule has 0 fully saturated rings. The van der Waals surface area contributed by atoms with Gasteiger partial charge in [0.1, 0.15) is 5.82 Å². The molecular weight excluding hydrogens is 299 g/mol. The Labute approximate surface area is 133 Å². The molecule has 0 spiro atoms. The van der Waals surface area contributed by atoms with Gasteiger partial charge in [-0.05, 0) is 55.0 Å². The third kappa shape index (κ3) is 3.05. The predicted molar refractivity (Wildman–Crippen MR) is 87.7 cm³/mol. The molecule has 2 aromatic rings. The normalized spacial score (nSPS) is 16.1. The van der Waals surface area contributed by atoms with Crippen LogP contribution < -0.4 is 5.32 Å². The zero-order chi connectivity index (χ0) is 15.7. The van der Waals surface area contributed by atoms with Crippen LogP contribution in [0.3, 0.4) is 0 Å². The molecule has 0 saturated heterocycles. The predicted octanol–water partition coefficient (Wildman–Crippen LogP) is 3.58. The fourth-order valence-electron chi connectivity index (χ4n) is 2.73. The quantitative estimate of drug-likeness (QED) is 0.938. The molecule has 2 heterocycles. The van der Waals surface area contributed by atoms with E-state index in [2.05, 4.69) is 21.7 Å². The summed E-state index contributed by atoms with van der Waals surface area (Å²) in [6.07, 6.45) is 0.990. The number of carbonyl (C=O) groups is 1. The molecule has 3 rings (SSSR count). The summed E-state index contributed by atoms with van der Waals surface area (Å²) >= 11 is 1.78. The molecule has 116 valence electrons. The van der Waals surface area contributed by atoms with Gasteiger partial charge in [0.2, 0.25) is 5.91 Å². The number of amides is 1. The van der Waals surface area contributed by atoms with Crippen LogP contribution in [0.5, 0.6) is 0 Å². The van der Waals surface area contributed by atoms with Gasteiger partial charge in [0, 0.05) is 23.7 Å². The summed E-state index contributed by atoms with van der Waals surface area (Å²) in [5, 5.41) is 4.95. The van der Waals surface area contributed by atoms with E-state index >= 15 is 0 Å². The van der Waals surface area contributed by atoms with E-state index in [4.69, 9.17) is 0 Å². The van der Waals surface area contributed by atoms with Crippen LogP contribution in [-0.2, 0) is 17.8 Å². The standard InChI is InChI=1S/C17H19FN2OS/c1-11-3-4-14(18)9-15(11)19-17(21)12(2)20-7-5-16-13(10-20)6-8-22-16/h3-4,6,8-9,12H,5,7,10H2,1-2H3,(H,19,21)/t12-/m1/s1. The highest BCUT2D eigenvalue weighted by molar-refractivity contribution is 7.10. The van der Waals surface area contributed by atoms with Crippen molar-refractivity contribution in [1.29, 1.82) is 0 Å². The second-order valence-corrected chi connectivity index (χ2v) is 6.71. The molecule has 0 unspecified atom stereocenters. The van der Waals surface area contributed by atoms with E-state index < -0.39 is 0 Å². The van der Waals surface area contributed by atoms with E-state index in [9.17, 15) is 9.18 Å². The van der Waals surface area contributed by atoms with Crippen LogP contribution in [0.15, 0.2) is 29.6 Å². The summed E-state index contributed by atoms with van der Waals surface area (Å²) in [5.41, 5.74) is 2.73. The molecule has 1 aromatic heterocycles. The minimum absolute atomic E-state index is 0.0904. The maximum Gasteiger partial charge on any atom is 0.241 e. The van der Waals surface area contributed by atoms with Gasteiger partial charge in [-0.15, -0.1) is 11.3 Å². The number of benzene rings is 1. The summed E-state index contributed by atoms with van der Waals surface area (Å²) in [7, 11) is 0. The van der Waals surface area contributed by atoms with Gasteiger partial charge < -0.3 is 5.32 Å². The smallest absolute Gasteiger partial charge is 0.241 e. The molecule has 1 aliphatic heterocycles. The van der Waals surface area contributed by atoms with Crippen LogP contribution in [0, 0.1) is 12.7 Å². The highest BCUT2D eigenvalue weighted by Crippen LogP contribution is 2.25. The van der Waals surface area contributed by atoms with Gasteiger partial charge in [0.25, 0.3) is 0 Å². The van der Waals surface area contributed by atoms with Gasteiger partial charge in [-0.25, -0.2) is 4.39 Å². The lowest BCUT2D eigenvalue weighted by Gasteiger charge is -2.31. The highest BCUT2D eigenvalue weighted by Gasteiger charge is 2.26. The number of nitrogens with one attached hydrogen (secondary N) is 1. The van der Waals surface area contributed by atoms with Crippen LogP contribution in [0.4, 0.5) is 10.1 Å². The maximum atomic E-state index is 13.3. The topological polar surface area (TPSA) is 32.3 Å². The van der Waals surface area contributed by atoms with Crippen LogP contribution >= 0.6 is 11.3 Å². The number of anilines is 1. The van der Waals surface area contributed by atoms with Crippen LogP contribution in [0.1, 0.15) is 22.9 Å². The third-order valence-corrected chi connectivity index (χ3v) is 5.24. The van der Waals surface area contributed by atoms with Gasteiger partial charge in [-0.3, -0.25) is 9.69 Å². The van der Waals surface area contributed by atoms with Crippen molar-refractivity contribution in [1.82, 2.24) is 4.90 Å². The number of thiophene rings is 1. The van der Waals surface area contributed by atoms with Crippen molar-refractivity contribution in [2.45, 2.75) is 32.9 Å². The number of hydrogen-bond donors (Lipinski definition) is 1. The van der Waals surface area contributed by atoms with E-state index in [0.717, 1.165) is 25.1 Å². The Hall–Kier alpha value is -1.72. The second kappa shape index (κ2) is 6.18.